The molecule has 0 heterocycles. The van der Waals surface area contributed by atoms with Crippen molar-refractivity contribution in [3.05, 3.63) is 84.4 Å². The van der Waals surface area contributed by atoms with Crippen molar-refractivity contribution in [2.45, 2.75) is 19.8 Å². The maximum absolute atomic E-state index is 2.31. The first-order valence-electron chi connectivity index (χ1n) is 8.37. The summed E-state index contributed by atoms with van der Waals surface area (Å²) in [6, 6.07) is 28.6. The molecule has 0 radical (unpaired) electrons. The molecule has 112 valence electrons. The maximum Gasteiger partial charge on any atom is -0.00671 e. The van der Waals surface area contributed by atoms with Crippen LogP contribution in [0.4, 0.5) is 0 Å². The lowest BCUT2D eigenvalue weighted by molar-refractivity contribution is 0.925. The molecule has 0 nitrogen and oxygen atoms in total. The fourth-order valence-corrected chi connectivity index (χ4v) is 3.56. The van der Waals surface area contributed by atoms with Crippen molar-refractivity contribution in [3.8, 4) is 11.1 Å². The van der Waals surface area contributed by atoms with Gasteiger partial charge in [-0.15, -0.1) is 0 Å². The van der Waals surface area contributed by atoms with Crippen LogP contribution in [0.5, 0.6) is 0 Å². The minimum Gasteiger partial charge on any atom is -0.0651 e. The van der Waals surface area contributed by atoms with Gasteiger partial charge in [0.1, 0.15) is 0 Å². The molecule has 0 saturated heterocycles. The third kappa shape index (κ3) is 2.41. The fraction of sp³-hybridized carbons (Fsp3) is 0.130. The zero-order valence-electron chi connectivity index (χ0n) is 13.4. The Morgan fingerprint density at radius 2 is 1.26 bits per heavy atom. The van der Waals surface area contributed by atoms with Crippen LogP contribution in [0.2, 0.25) is 0 Å². The molecule has 0 aliphatic carbocycles. The molecule has 0 aliphatic heterocycles. The summed E-state index contributed by atoms with van der Waals surface area (Å²) >= 11 is 0. The van der Waals surface area contributed by atoms with Crippen molar-refractivity contribution in [2.75, 3.05) is 0 Å². The zero-order chi connectivity index (χ0) is 15.6. The van der Waals surface area contributed by atoms with Gasteiger partial charge in [0, 0.05) is 0 Å². The average molecular weight is 296 g/mol. The average Bonchev–Trinajstić information content (AvgIpc) is 2.61. The minimum atomic E-state index is 1.11. The molecule has 0 aliphatic rings. The summed E-state index contributed by atoms with van der Waals surface area (Å²) < 4.78 is 0. The topological polar surface area (TPSA) is 0 Å². The highest BCUT2D eigenvalue weighted by molar-refractivity contribution is 6.06. The lowest BCUT2D eigenvalue weighted by Crippen LogP contribution is -1.92. The van der Waals surface area contributed by atoms with Gasteiger partial charge in [0.2, 0.25) is 0 Å². The molecule has 0 heteroatoms. The van der Waals surface area contributed by atoms with Crippen molar-refractivity contribution < 1.29 is 0 Å². The third-order valence-electron chi connectivity index (χ3n) is 4.59. The Balaban J connectivity index is 2.12. The van der Waals surface area contributed by atoms with Gasteiger partial charge >= 0.3 is 0 Å². The molecule has 0 atom stereocenters. The van der Waals surface area contributed by atoms with Gasteiger partial charge in [0.05, 0.1) is 0 Å². The second-order valence-corrected chi connectivity index (χ2v) is 6.10. The van der Waals surface area contributed by atoms with Gasteiger partial charge in [-0.3, -0.25) is 0 Å². The predicted octanol–water partition coefficient (Wildman–Crippen LogP) is 6.61. The number of benzene rings is 4. The molecule has 4 rings (SSSR count). The number of hydrogen-bond donors (Lipinski definition) is 0. The highest BCUT2D eigenvalue weighted by Gasteiger charge is 2.12. The van der Waals surface area contributed by atoms with Crippen LogP contribution in [0, 0.1) is 0 Å². The molecule has 23 heavy (non-hydrogen) atoms. The SMILES string of the molecule is CCCc1ccc2ccccc2c1-c1cccc2ccccc12. The van der Waals surface area contributed by atoms with Gasteiger partial charge < -0.3 is 0 Å². The van der Waals surface area contributed by atoms with Crippen molar-refractivity contribution in [1.29, 1.82) is 0 Å². The molecule has 0 bridgehead atoms. The molecular weight excluding hydrogens is 276 g/mol. The summed E-state index contributed by atoms with van der Waals surface area (Å²) in [6.07, 6.45) is 2.28. The van der Waals surface area contributed by atoms with Crippen molar-refractivity contribution in [3.63, 3.8) is 0 Å². The second kappa shape index (κ2) is 5.89. The highest BCUT2D eigenvalue weighted by Crippen LogP contribution is 2.37. The molecule has 0 unspecified atom stereocenters. The number of aryl methyl sites for hydroxylation is 1. The van der Waals surface area contributed by atoms with E-state index in [1.807, 2.05) is 0 Å². The Hall–Kier alpha value is -2.60. The normalized spacial score (nSPS) is 11.2. The Morgan fingerprint density at radius 1 is 0.609 bits per heavy atom. The smallest absolute Gasteiger partial charge is 0.00671 e. The van der Waals surface area contributed by atoms with Crippen LogP contribution in [0.25, 0.3) is 32.7 Å². The van der Waals surface area contributed by atoms with E-state index in [4.69, 9.17) is 0 Å². The van der Waals surface area contributed by atoms with Gasteiger partial charge in [0.15, 0.2) is 0 Å². The second-order valence-electron chi connectivity index (χ2n) is 6.10. The van der Waals surface area contributed by atoms with E-state index >= 15 is 0 Å². The summed E-state index contributed by atoms with van der Waals surface area (Å²) in [5.74, 6) is 0. The van der Waals surface area contributed by atoms with E-state index in [1.165, 1.54) is 38.2 Å². The first kappa shape index (κ1) is 14.0. The van der Waals surface area contributed by atoms with Crippen molar-refractivity contribution in [2.24, 2.45) is 0 Å². The number of fused-ring (bicyclic) bond motifs is 2. The molecular formula is C23H20. The highest BCUT2D eigenvalue weighted by atomic mass is 14.2. The Morgan fingerprint density at radius 3 is 2.04 bits per heavy atom. The molecule has 0 fully saturated rings. The van der Waals surface area contributed by atoms with Gasteiger partial charge in [-0.25, -0.2) is 0 Å². The van der Waals surface area contributed by atoms with E-state index in [0.29, 0.717) is 0 Å². The lowest BCUT2D eigenvalue weighted by atomic mass is 9.89. The lowest BCUT2D eigenvalue weighted by Gasteiger charge is -2.15. The van der Waals surface area contributed by atoms with E-state index in [1.54, 1.807) is 0 Å². The van der Waals surface area contributed by atoms with Gasteiger partial charge in [-0.2, -0.15) is 0 Å². The van der Waals surface area contributed by atoms with E-state index in [2.05, 4.69) is 85.8 Å². The maximum atomic E-state index is 2.31. The van der Waals surface area contributed by atoms with E-state index in [9.17, 15) is 0 Å². The van der Waals surface area contributed by atoms with Gasteiger partial charge in [-0.05, 0) is 44.7 Å². The predicted molar refractivity (Wildman–Crippen MR) is 101 cm³/mol. The number of hydrogen-bond acceptors (Lipinski definition) is 0. The standard InChI is InChI=1S/C23H20/c1-2-8-19-16-15-18-10-4-6-13-21(18)23(19)22-14-7-11-17-9-3-5-12-20(17)22/h3-7,9-16H,2,8H2,1H3. The molecule has 0 N–H and O–H groups in total. The molecule has 0 spiro atoms. The molecule has 4 aromatic carbocycles. The molecule has 0 amide bonds. The van der Waals surface area contributed by atoms with Crippen molar-refractivity contribution in [1.82, 2.24) is 0 Å². The van der Waals surface area contributed by atoms with Crippen LogP contribution in [0.15, 0.2) is 78.9 Å². The monoisotopic (exact) mass is 296 g/mol. The Kier molecular flexibility index (Phi) is 3.59. The number of rotatable bonds is 3. The quantitative estimate of drug-likeness (QED) is 0.399. The first-order valence-corrected chi connectivity index (χ1v) is 8.37. The fourth-order valence-electron chi connectivity index (χ4n) is 3.56. The summed E-state index contributed by atoms with van der Waals surface area (Å²) in [5.41, 5.74) is 4.20. The van der Waals surface area contributed by atoms with Crippen molar-refractivity contribution >= 4 is 21.5 Å². The molecule has 0 saturated carbocycles. The van der Waals surface area contributed by atoms with Crippen LogP contribution in [0.1, 0.15) is 18.9 Å². The van der Waals surface area contributed by atoms with Crippen LogP contribution < -0.4 is 0 Å². The summed E-state index contributed by atoms with van der Waals surface area (Å²) in [6.45, 7) is 2.25. The van der Waals surface area contributed by atoms with Crippen LogP contribution in [-0.2, 0) is 6.42 Å². The van der Waals surface area contributed by atoms with E-state index < -0.39 is 0 Å². The van der Waals surface area contributed by atoms with Crippen LogP contribution >= 0.6 is 0 Å². The van der Waals surface area contributed by atoms with Gasteiger partial charge in [0.25, 0.3) is 0 Å². The Labute approximate surface area is 137 Å². The van der Waals surface area contributed by atoms with Crippen LogP contribution in [0.3, 0.4) is 0 Å². The minimum absolute atomic E-state index is 1.11. The van der Waals surface area contributed by atoms with Gasteiger partial charge in [-0.1, -0.05) is 92.2 Å². The van der Waals surface area contributed by atoms with E-state index in [-0.39, 0.29) is 0 Å². The summed E-state index contributed by atoms with van der Waals surface area (Å²) in [5, 5.41) is 5.31. The molecule has 4 aromatic rings. The Bertz CT molecular complexity index is 974. The zero-order valence-corrected chi connectivity index (χ0v) is 13.4. The summed E-state index contributed by atoms with van der Waals surface area (Å²) in [4.78, 5) is 0. The largest absolute Gasteiger partial charge is 0.0651 e. The third-order valence-corrected chi connectivity index (χ3v) is 4.59. The van der Waals surface area contributed by atoms with E-state index in [0.717, 1.165) is 12.8 Å². The molecule has 0 aromatic heterocycles. The first-order chi connectivity index (χ1) is 11.4. The summed E-state index contributed by atoms with van der Waals surface area (Å²) in [7, 11) is 0. The van der Waals surface area contributed by atoms with Crippen LogP contribution in [-0.4, -0.2) is 0 Å².